The summed E-state index contributed by atoms with van der Waals surface area (Å²) in [6.07, 6.45) is 7.10. The first-order chi connectivity index (χ1) is 7.86. The van der Waals surface area contributed by atoms with Gasteiger partial charge in [0.15, 0.2) is 0 Å². The summed E-state index contributed by atoms with van der Waals surface area (Å²) in [5.41, 5.74) is 0. The fourth-order valence-corrected chi connectivity index (χ4v) is 17.7. The van der Waals surface area contributed by atoms with E-state index in [0.29, 0.717) is 0 Å². The van der Waals surface area contributed by atoms with Gasteiger partial charge in [0.2, 0.25) is 0 Å². The zero-order valence-corrected chi connectivity index (χ0v) is 18.1. The second kappa shape index (κ2) is 10.4. The first-order valence-electron chi connectivity index (χ1n) is 6.67. The number of hydrogen-bond acceptors (Lipinski definition) is 3. The molecule has 0 radical (unpaired) electrons. The normalized spacial score (nSPS) is 20.6. The monoisotopic (exact) mass is 446 g/mol. The van der Waals surface area contributed by atoms with E-state index in [-0.39, 0.29) is 0 Å². The van der Waals surface area contributed by atoms with E-state index >= 15 is 0 Å². The molecule has 0 aromatic rings. The van der Waals surface area contributed by atoms with Crippen LogP contribution in [0.1, 0.15) is 46.0 Å². The molecular weight excluding hydrogens is 418 g/mol. The third-order valence-corrected chi connectivity index (χ3v) is 21.0. The van der Waals surface area contributed by atoms with E-state index in [1.54, 1.807) is 0 Å². The van der Waals surface area contributed by atoms with Crippen molar-refractivity contribution in [2.75, 3.05) is 13.2 Å². The maximum atomic E-state index is 6.00. The quantitative estimate of drug-likeness (QED) is 0.423. The van der Waals surface area contributed by atoms with Gasteiger partial charge < -0.3 is 0 Å². The maximum absolute atomic E-state index is 6.00. The molecule has 3 nitrogen and oxygen atoms in total. The molecule has 1 rings (SSSR count). The summed E-state index contributed by atoms with van der Waals surface area (Å²) < 4.78 is 18.6. The average molecular weight is 444 g/mol. The van der Waals surface area contributed by atoms with Gasteiger partial charge in [-0.25, -0.2) is 0 Å². The van der Waals surface area contributed by atoms with Crippen molar-refractivity contribution in [1.82, 2.24) is 0 Å². The van der Waals surface area contributed by atoms with Crippen molar-refractivity contribution in [3.05, 3.63) is 0 Å². The van der Waals surface area contributed by atoms with Crippen LogP contribution >= 0.6 is 0 Å². The summed E-state index contributed by atoms with van der Waals surface area (Å²) in [5, 5.41) is 0. The molecule has 0 heterocycles. The van der Waals surface area contributed by atoms with Gasteiger partial charge >= 0.3 is 120 Å². The summed E-state index contributed by atoms with van der Waals surface area (Å²) in [6, 6.07) is 0. The van der Waals surface area contributed by atoms with Crippen molar-refractivity contribution >= 4 is 42.6 Å². The molecule has 1 fully saturated rings. The Hall–Kier alpha value is 1.48. The van der Waals surface area contributed by atoms with Crippen LogP contribution in [0.3, 0.4) is 0 Å². The van der Waals surface area contributed by atoms with Crippen molar-refractivity contribution in [3.8, 4) is 0 Å². The molecule has 96 valence electrons. The summed E-state index contributed by atoms with van der Waals surface area (Å²) in [7, 11) is 0. The Morgan fingerprint density at radius 1 is 1.12 bits per heavy atom. The van der Waals surface area contributed by atoms with Crippen LogP contribution in [-0.2, 0) is 7.56 Å². The van der Waals surface area contributed by atoms with Crippen LogP contribution in [0.15, 0.2) is 0 Å². The Kier molecular flexibility index (Phi) is 10.1. The van der Waals surface area contributed by atoms with Crippen molar-refractivity contribution in [1.29, 1.82) is 0 Å². The van der Waals surface area contributed by atoms with Gasteiger partial charge in [0.1, 0.15) is 0 Å². The van der Waals surface area contributed by atoms with E-state index in [1.165, 1.54) is 36.5 Å². The fourth-order valence-electron chi connectivity index (χ4n) is 2.27. The van der Waals surface area contributed by atoms with Gasteiger partial charge in [-0.05, 0) is 0 Å². The number of hydrogen-bond donors (Lipinski definition) is 0. The summed E-state index contributed by atoms with van der Waals surface area (Å²) in [4.78, 5) is 0. The standard InChI is InChI=1S/C7H13.2C2H5O.O.2Sn.3H/c1-7-5-3-2-4-6-7;2*1-2-3;;;;;;/h7H,1-6H2;2*2H2,1H3;;;;;;/q;2*-1;;2*+1;;;. The van der Waals surface area contributed by atoms with Crippen molar-refractivity contribution < 1.29 is 7.56 Å². The molecule has 0 saturated heterocycles. The molecule has 0 spiro atoms. The van der Waals surface area contributed by atoms with Crippen LogP contribution < -0.4 is 0 Å². The fraction of sp³-hybridized carbons (Fsp3) is 1.00. The van der Waals surface area contributed by atoms with Crippen LogP contribution in [0.5, 0.6) is 0 Å². The molecule has 0 aromatic carbocycles. The van der Waals surface area contributed by atoms with Gasteiger partial charge in [-0.2, -0.15) is 0 Å². The summed E-state index contributed by atoms with van der Waals surface area (Å²) >= 11 is -3.42. The molecule has 16 heavy (non-hydrogen) atoms. The molecule has 0 aliphatic heterocycles. The van der Waals surface area contributed by atoms with E-state index in [0.717, 1.165) is 19.1 Å². The molecule has 1 aliphatic rings. The first kappa shape index (κ1) is 15.5. The first-order valence-corrected chi connectivity index (χ1v) is 15.0. The average Bonchev–Trinajstić information content (AvgIpc) is 2.31. The predicted octanol–water partition coefficient (Wildman–Crippen LogP) is 1.88. The minimum absolute atomic E-state index is 0.824. The molecule has 0 bridgehead atoms. The van der Waals surface area contributed by atoms with Crippen LogP contribution in [0.2, 0.25) is 4.44 Å². The van der Waals surface area contributed by atoms with E-state index in [1.807, 2.05) is 6.92 Å². The molecule has 1 saturated carbocycles. The second-order valence-electron chi connectivity index (χ2n) is 4.40. The van der Waals surface area contributed by atoms with E-state index in [4.69, 9.17) is 7.56 Å². The van der Waals surface area contributed by atoms with Gasteiger partial charge in [-0.3, -0.25) is 0 Å². The van der Waals surface area contributed by atoms with Crippen molar-refractivity contribution in [2.45, 2.75) is 50.4 Å². The van der Waals surface area contributed by atoms with Gasteiger partial charge in [0.25, 0.3) is 0 Å². The second-order valence-corrected chi connectivity index (χ2v) is 18.3. The predicted molar refractivity (Wildman–Crippen MR) is 71.4 cm³/mol. The molecule has 0 amide bonds. The van der Waals surface area contributed by atoms with Gasteiger partial charge in [0.05, 0.1) is 0 Å². The molecule has 1 unspecified atom stereocenters. The molecule has 0 aromatic heterocycles. The minimum atomic E-state index is -2.08. The molecular formula is C11H26O3Sn2. The Bertz CT molecular complexity index is 163. The SMILES string of the molecule is CC[O][SnH2][O][SnH]([CH2]C1CCCCC1)[O]CC. The van der Waals surface area contributed by atoms with Crippen LogP contribution in [0, 0.1) is 5.92 Å². The van der Waals surface area contributed by atoms with Gasteiger partial charge in [0, 0.05) is 0 Å². The number of rotatable bonds is 8. The van der Waals surface area contributed by atoms with Crippen LogP contribution in [0.4, 0.5) is 0 Å². The molecule has 5 heteroatoms. The molecule has 0 N–H and O–H groups in total. The zero-order chi connectivity index (χ0) is 11.6. The Balaban J connectivity index is 2.19. The molecule has 1 atom stereocenters. The molecule has 1 aliphatic carbocycles. The van der Waals surface area contributed by atoms with E-state index in [9.17, 15) is 0 Å². The van der Waals surface area contributed by atoms with Crippen LogP contribution in [-0.4, -0.2) is 55.8 Å². The third-order valence-electron chi connectivity index (χ3n) is 3.14. The Morgan fingerprint density at radius 3 is 2.50 bits per heavy atom. The summed E-state index contributed by atoms with van der Waals surface area (Å²) in [6.45, 7) is 5.80. The Morgan fingerprint density at radius 2 is 1.88 bits per heavy atom. The Labute approximate surface area is 119 Å². The van der Waals surface area contributed by atoms with Crippen molar-refractivity contribution in [2.24, 2.45) is 5.92 Å². The van der Waals surface area contributed by atoms with E-state index in [2.05, 4.69) is 6.92 Å². The summed E-state index contributed by atoms with van der Waals surface area (Å²) in [5.74, 6) is 0.911. The topological polar surface area (TPSA) is 27.7 Å². The van der Waals surface area contributed by atoms with Crippen LogP contribution in [0.25, 0.3) is 0 Å². The zero-order valence-electron chi connectivity index (χ0n) is 10.7. The van der Waals surface area contributed by atoms with Gasteiger partial charge in [-0.1, -0.05) is 0 Å². The van der Waals surface area contributed by atoms with Crippen molar-refractivity contribution in [3.63, 3.8) is 0 Å². The van der Waals surface area contributed by atoms with Gasteiger partial charge in [-0.15, -0.1) is 0 Å². The van der Waals surface area contributed by atoms with E-state index < -0.39 is 42.6 Å². The third kappa shape index (κ3) is 7.03.